The van der Waals surface area contributed by atoms with Crippen LogP contribution in [-0.4, -0.2) is 30.5 Å². The molecule has 8 nitrogen and oxygen atoms in total. The lowest BCUT2D eigenvalue weighted by molar-refractivity contribution is 0.419. The number of anilines is 2. The van der Waals surface area contributed by atoms with Crippen LogP contribution >= 0.6 is 11.3 Å². The Hall–Kier alpha value is -2.33. The third kappa shape index (κ3) is 2.50. The van der Waals surface area contributed by atoms with Gasteiger partial charge in [-0.25, -0.2) is 9.97 Å². The van der Waals surface area contributed by atoms with Crippen molar-refractivity contribution in [1.82, 2.24) is 15.0 Å². The second-order valence-corrected chi connectivity index (χ2v) is 6.79. The zero-order chi connectivity index (χ0) is 15.0. The first kappa shape index (κ1) is 13.6. The van der Waals surface area contributed by atoms with E-state index in [1.807, 2.05) is 0 Å². The monoisotopic (exact) mass is 325 g/mol. The SMILES string of the molecule is COc1cc(N)cc2sc(NS(=O)(=O)c3cnc[nH]3)nc12. The topological polar surface area (TPSA) is 123 Å². The van der Waals surface area contributed by atoms with E-state index in [2.05, 4.69) is 19.7 Å². The molecule has 10 heteroatoms. The first-order valence-corrected chi connectivity index (χ1v) is 8.05. The Kier molecular flexibility index (Phi) is 3.18. The fourth-order valence-electron chi connectivity index (χ4n) is 1.78. The van der Waals surface area contributed by atoms with Crippen LogP contribution in [0.25, 0.3) is 10.2 Å². The molecule has 21 heavy (non-hydrogen) atoms. The number of benzene rings is 1. The Morgan fingerprint density at radius 1 is 1.43 bits per heavy atom. The molecule has 4 N–H and O–H groups in total. The van der Waals surface area contributed by atoms with Crippen molar-refractivity contribution in [3.63, 3.8) is 0 Å². The van der Waals surface area contributed by atoms with Gasteiger partial charge in [-0.1, -0.05) is 11.3 Å². The lowest BCUT2D eigenvalue weighted by Gasteiger charge is -2.01. The molecule has 1 aromatic carbocycles. The smallest absolute Gasteiger partial charge is 0.280 e. The molecule has 0 radical (unpaired) electrons. The van der Waals surface area contributed by atoms with Crippen molar-refractivity contribution in [1.29, 1.82) is 0 Å². The molecule has 0 saturated heterocycles. The lowest BCUT2D eigenvalue weighted by Crippen LogP contribution is -2.12. The van der Waals surface area contributed by atoms with E-state index in [1.54, 1.807) is 12.1 Å². The number of rotatable bonds is 4. The molecule has 2 heterocycles. The third-order valence-corrected chi connectivity index (χ3v) is 5.00. The van der Waals surface area contributed by atoms with Crippen LogP contribution in [0.5, 0.6) is 5.75 Å². The highest BCUT2D eigenvalue weighted by Gasteiger charge is 2.19. The Labute approximate surface area is 124 Å². The van der Waals surface area contributed by atoms with E-state index >= 15 is 0 Å². The summed E-state index contributed by atoms with van der Waals surface area (Å²) in [5, 5.41) is 0.191. The van der Waals surface area contributed by atoms with Crippen LogP contribution in [0.3, 0.4) is 0 Å². The minimum absolute atomic E-state index is 0.0340. The number of nitrogens with zero attached hydrogens (tertiary/aromatic N) is 2. The highest BCUT2D eigenvalue weighted by atomic mass is 32.2. The fraction of sp³-hybridized carbons (Fsp3) is 0.0909. The van der Waals surface area contributed by atoms with Gasteiger partial charge in [-0.05, 0) is 6.07 Å². The van der Waals surface area contributed by atoms with Crippen molar-refractivity contribution in [2.75, 3.05) is 17.6 Å². The Bertz CT molecular complexity index is 886. The average Bonchev–Trinajstić information content (AvgIpc) is 3.05. The molecular weight excluding hydrogens is 314 g/mol. The molecular formula is C11H11N5O3S2. The van der Waals surface area contributed by atoms with Gasteiger partial charge < -0.3 is 15.5 Å². The number of hydrogen-bond donors (Lipinski definition) is 3. The Balaban J connectivity index is 2.03. The van der Waals surface area contributed by atoms with Crippen LogP contribution in [0.15, 0.2) is 29.7 Å². The molecule has 3 rings (SSSR count). The summed E-state index contributed by atoms with van der Waals surface area (Å²) in [6.45, 7) is 0. The minimum Gasteiger partial charge on any atom is -0.494 e. The molecule has 0 aliphatic heterocycles. The van der Waals surface area contributed by atoms with Crippen molar-refractivity contribution in [3.8, 4) is 5.75 Å². The maximum atomic E-state index is 12.1. The second kappa shape index (κ2) is 4.90. The number of fused-ring (bicyclic) bond motifs is 1. The molecule has 110 valence electrons. The highest BCUT2D eigenvalue weighted by molar-refractivity contribution is 7.92. The summed E-state index contributed by atoms with van der Waals surface area (Å²) in [4.78, 5) is 10.5. The van der Waals surface area contributed by atoms with Gasteiger partial charge in [-0.15, -0.1) is 0 Å². The average molecular weight is 325 g/mol. The molecule has 0 fully saturated rings. The van der Waals surface area contributed by atoms with Crippen molar-refractivity contribution in [2.45, 2.75) is 5.03 Å². The van der Waals surface area contributed by atoms with Gasteiger partial charge in [0.1, 0.15) is 11.3 Å². The summed E-state index contributed by atoms with van der Waals surface area (Å²) in [5.41, 5.74) is 6.83. The van der Waals surface area contributed by atoms with E-state index in [4.69, 9.17) is 10.5 Å². The predicted molar refractivity (Wildman–Crippen MR) is 80.0 cm³/mol. The summed E-state index contributed by atoms with van der Waals surface area (Å²) >= 11 is 1.17. The van der Waals surface area contributed by atoms with Gasteiger partial charge in [0.25, 0.3) is 10.0 Å². The van der Waals surface area contributed by atoms with Gasteiger partial charge in [0.05, 0.1) is 24.3 Å². The molecule has 0 aliphatic carbocycles. The normalized spacial score (nSPS) is 11.7. The van der Waals surface area contributed by atoms with E-state index in [-0.39, 0.29) is 10.2 Å². The predicted octanol–water partition coefficient (Wildman–Crippen LogP) is 1.41. The second-order valence-electron chi connectivity index (χ2n) is 4.11. The molecule has 0 spiro atoms. The number of aromatic nitrogens is 3. The number of thiazole rings is 1. The lowest BCUT2D eigenvalue weighted by atomic mass is 10.3. The number of hydrogen-bond acceptors (Lipinski definition) is 7. The van der Waals surface area contributed by atoms with Gasteiger partial charge in [0.2, 0.25) is 0 Å². The number of aromatic amines is 1. The maximum absolute atomic E-state index is 12.1. The number of nitrogen functional groups attached to an aromatic ring is 1. The van der Waals surface area contributed by atoms with Crippen molar-refractivity contribution < 1.29 is 13.2 Å². The number of imidazole rings is 1. The Morgan fingerprint density at radius 3 is 2.90 bits per heavy atom. The van der Waals surface area contributed by atoms with Gasteiger partial charge in [0, 0.05) is 11.8 Å². The van der Waals surface area contributed by atoms with Crippen LogP contribution in [0, 0.1) is 0 Å². The van der Waals surface area contributed by atoms with E-state index < -0.39 is 10.0 Å². The van der Waals surface area contributed by atoms with Gasteiger partial charge in [0.15, 0.2) is 10.2 Å². The number of methoxy groups -OCH3 is 1. The number of sulfonamides is 1. The number of nitrogens with one attached hydrogen (secondary N) is 2. The van der Waals surface area contributed by atoms with Gasteiger partial charge in [-0.2, -0.15) is 8.42 Å². The Morgan fingerprint density at radius 2 is 2.24 bits per heavy atom. The van der Waals surface area contributed by atoms with Gasteiger partial charge in [-0.3, -0.25) is 4.72 Å². The highest BCUT2D eigenvalue weighted by Crippen LogP contribution is 2.35. The van der Waals surface area contributed by atoms with E-state index in [0.29, 0.717) is 17.0 Å². The molecule has 2 aromatic heterocycles. The van der Waals surface area contributed by atoms with E-state index in [1.165, 1.54) is 31.0 Å². The van der Waals surface area contributed by atoms with E-state index in [9.17, 15) is 8.42 Å². The number of ether oxygens (including phenoxy) is 1. The zero-order valence-electron chi connectivity index (χ0n) is 10.8. The van der Waals surface area contributed by atoms with Crippen LogP contribution in [0.2, 0.25) is 0 Å². The molecule has 0 saturated carbocycles. The summed E-state index contributed by atoms with van der Waals surface area (Å²) in [6, 6.07) is 3.35. The van der Waals surface area contributed by atoms with E-state index in [0.717, 1.165) is 4.70 Å². The van der Waals surface area contributed by atoms with Crippen LogP contribution in [0.1, 0.15) is 0 Å². The minimum atomic E-state index is -3.74. The first-order chi connectivity index (χ1) is 9.99. The zero-order valence-corrected chi connectivity index (χ0v) is 12.5. The molecule has 0 unspecified atom stereocenters. The quantitative estimate of drug-likeness (QED) is 0.623. The largest absolute Gasteiger partial charge is 0.494 e. The first-order valence-electron chi connectivity index (χ1n) is 5.75. The van der Waals surface area contributed by atoms with Crippen LogP contribution in [0.4, 0.5) is 10.8 Å². The maximum Gasteiger partial charge on any atom is 0.280 e. The molecule has 3 aromatic rings. The summed E-state index contributed by atoms with van der Waals surface area (Å²) < 4.78 is 32.5. The molecule has 0 atom stereocenters. The molecule has 0 aliphatic rings. The standard InChI is InChI=1S/C11H11N5O3S2/c1-19-7-2-6(12)3-8-10(7)15-11(20-8)16-21(17,18)9-4-13-5-14-9/h2-5H,12H2,1H3,(H,13,14)(H,15,16). The number of H-pyrrole nitrogens is 1. The van der Waals surface area contributed by atoms with Gasteiger partial charge >= 0.3 is 0 Å². The third-order valence-electron chi connectivity index (χ3n) is 2.69. The van der Waals surface area contributed by atoms with Crippen molar-refractivity contribution in [2.24, 2.45) is 0 Å². The summed E-state index contributed by atoms with van der Waals surface area (Å²) in [5.74, 6) is 0.494. The van der Waals surface area contributed by atoms with Crippen molar-refractivity contribution >= 4 is 42.4 Å². The van der Waals surface area contributed by atoms with Crippen LogP contribution < -0.4 is 15.2 Å². The summed E-state index contributed by atoms with van der Waals surface area (Å²) in [6.07, 6.45) is 2.50. The number of nitrogens with two attached hydrogens (primary N) is 1. The molecule has 0 amide bonds. The summed E-state index contributed by atoms with van der Waals surface area (Å²) in [7, 11) is -2.24. The van der Waals surface area contributed by atoms with Crippen molar-refractivity contribution in [3.05, 3.63) is 24.7 Å². The molecule has 0 bridgehead atoms. The van der Waals surface area contributed by atoms with Crippen LogP contribution in [-0.2, 0) is 10.0 Å². The fourth-order valence-corrected chi connectivity index (χ4v) is 3.85.